The van der Waals surface area contributed by atoms with Crippen LogP contribution in [0.25, 0.3) is 0 Å². The number of benzene rings is 1. The smallest absolute Gasteiger partial charge is 0.257 e. The number of carbonyl (C=O) groups is 1. The summed E-state index contributed by atoms with van der Waals surface area (Å²) in [7, 11) is 3.05. The number of hydrogen-bond donors (Lipinski definition) is 1. The minimum Gasteiger partial charge on any atom is -0.496 e. The zero-order chi connectivity index (χ0) is 13.8. The van der Waals surface area contributed by atoms with Gasteiger partial charge in [0.2, 0.25) is 0 Å². The van der Waals surface area contributed by atoms with E-state index in [9.17, 15) is 4.79 Å². The molecule has 0 bridgehead atoms. The van der Waals surface area contributed by atoms with Crippen LogP contribution >= 0.6 is 11.6 Å². The van der Waals surface area contributed by atoms with Crippen molar-refractivity contribution in [1.29, 1.82) is 0 Å². The molecule has 1 amide bonds. The van der Waals surface area contributed by atoms with Crippen LogP contribution in [0.3, 0.4) is 0 Å². The Labute approximate surface area is 117 Å². The Morgan fingerprint density at radius 1 is 1.21 bits per heavy atom. The standard InChI is InChI=1S/C13H17ClN2O3/c1-18-11-8-12(19-2)10(14)7-9(11)13(17)16-5-3-15-4-6-16/h7-8,15H,3-6H2,1-2H3. The molecule has 19 heavy (non-hydrogen) atoms. The SMILES string of the molecule is COc1cc(OC)c(C(=O)N2CCNCC2)cc1Cl. The van der Waals surface area contributed by atoms with Gasteiger partial charge in [-0.2, -0.15) is 0 Å². The Bertz CT molecular complexity index is 473. The number of rotatable bonds is 3. The molecule has 6 heteroatoms. The van der Waals surface area contributed by atoms with Crippen LogP contribution in [0.15, 0.2) is 12.1 Å². The second-order valence-electron chi connectivity index (χ2n) is 4.23. The first kappa shape index (κ1) is 14.0. The molecule has 0 saturated carbocycles. The maximum atomic E-state index is 12.4. The highest BCUT2D eigenvalue weighted by Gasteiger charge is 2.22. The van der Waals surface area contributed by atoms with E-state index in [0.717, 1.165) is 13.1 Å². The quantitative estimate of drug-likeness (QED) is 0.912. The molecule has 2 rings (SSSR count). The largest absolute Gasteiger partial charge is 0.496 e. The molecule has 1 aliphatic rings. The third kappa shape index (κ3) is 2.93. The van der Waals surface area contributed by atoms with Crippen LogP contribution in [-0.4, -0.2) is 51.2 Å². The molecular weight excluding hydrogens is 268 g/mol. The van der Waals surface area contributed by atoms with E-state index < -0.39 is 0 Å². The number of nitrogens with zero attached hydrogens (tertiary/aromatic N) is 1. The Balaban J connectivity index is 2.32. The molecule has 0 atom stereocenters. The van der Waals surface area contributed by atoms with E-state index in [1.54, 1.807) is 17.0 Å². The number of ether oxygens (including phenoxy) is 2. The second kappa shape index (κ2) is 6.12. The molecule has 0 aliphatic carbocycles. The molecule has 1 fully saturated rings. The molecule has 1 aliphatic heterocycles. The van der Waals surface area contributed by atoms with Gasteiger partial charge in [-0.3, -0.25) is 4.79 Å². The van der Waals surface area contributed by atoms with Gasteiger partial charge in [-0.05, 0) is 6.07 Å². The molecular formula is C13H17ClN2O3. The number of halogens is 1. The van der Waals surface area contributed by atoms with Gasteiger partial charge in [-0.25, -0.2) is 0 Å². The maximum absolute atomic E-state index is 12.4. The Hall–Kier alpha value is -1.46. The zero-order valence-corrected chi connectivity index (χ0v) is 11.8. The zero-order valence-electron chi connectivity index (χ0n) is 11.0. The van der Waals surface area contributed by atoms with Crippen LogP contribution < -0.4 is 14.8 Å². The van der Waals surface area contributed by atoms with Crippen molar-refractivity contribution in [3.05, 3.63) is 22.7 Å². The fraction of sp³-hybridized carbons (Fsp3) is 0.462. The number of piperazine rings is 1. The van der Waals surface area contributed by atoms with E-state index in [-0.39, 0.29) is 5.91 Å². The summed E-state index contributed by atoms with van der Waals surface area (Å²) in [4.78, 5) is 14.2. The topological polar surface area (TPSA) is 50.8 Å². The van der Waals surface area contributed by atoms with Crippen molar-refractivity contribution in [2.45, 2.75) is 0 Å². The lowest BCUT2D eigenvalue weighted by molar-refractivity contribution is 0.0732. The predicted octanol–water partition coefficient (Wildman–Crippen LogP) is 1.40. The average molecular weight is 285 g/mol. The predicted molar refractivity (Wildman–Crippen MR) is 73.3 cm³/mol. The fourth-order valence-corrected chi connectivity index (χ4v) is 2.31. The van der Waals surface area contributed by atoms with Gasteiger partial charge in [0, 0.05) is 32.2 Å². The first-order chi connectivity index (χ1) is 9.17. The van der Waals surface area contributed by atoms with Gasteiger partial charge < -0.3 is 19.7 Å². The molecule has 0 unspecified atom stereocenters. The second-order valence-corrected chi connectivity index (χ2v) is 4.64. The number of hydrogen-bond acceptors (Lipinski definition) is 4. The monoisotopic (exact) mass is 284 g/mol. The van der Waals surface area contributed by atoms with Crippen LogP contribution in [-0.2, 0) is 0 Å². The first-order valence-corrected chi connectivity index (χ1v) is 6.46. The van der Waals surface area contributed by atoms with Gasteiger partial charge in [-0.1, -0.05) is 11.6 Å². The lowest BCUT2D eigenvalue weighted by Crippen LogP contribution is -2.46. The molecule has 1 heterocycles. The van der Waals surface area contributed by atoms with Gasteiger partial charge >= 0.3 is 0 Å². The Morgan fingerprint density at radius 2 is 1.84 bits per heavy atom. The minimum atomic E-state index is -0.0668. The molecule has 1 aromatic carbocycles. The first-order valence-electron chi connectivity index (χ1n) is 6.09. The number of carbonyl (C=O) groups excluding carboxylic acids is 1. The normalized spacial score (nSPS) is 15.2. The summed E-state index contributed by atoms with van der Waals surface area (Å²) in [6.45, 7) is 2.98. The molecule has 1 N–H and O–H groups in total. The van der Waals surface area contributed by atoms with E-state index in [1.807, 2.05) is 0 Å². The third-order valence-corrected chi connectivity index (χ3v) is 3.40. The summed E-state index contributed by atoms with van der Waals surface area (Å²) in [6.07, 6.45) is 0. The van der Waals surface area contributed by atoms with Crippen LogP contribution in [0.4, 0.5) is 0 Å². The van der Waals surface area contributed by atoms with Crippen molar-refractivity contribution in [2.75, 3.05) is 40.4 Å². The van der Waals surface area contributed by atoms with Gasteiger partial charge in [0.15, 0.2) is 0 Å². The summed E-state index contributed by atoms with van der Waals surface area (Å²) in [5, 5.41) is 3.61. The summed E-state index contributed by atoms with van der Waals surface area (Å²) in [6, 6.07) is 3.24. The lowest BCUT2D eigenvalue weighted by atomic mass is 10.1. The third-order valence-electron chi connectivity index (χ3n) is 3.11. The van der Waals surface area contributed by atoms with Crippen molar-refractivity contribution in [3.8, 4) is 11.5 Å². The fourth-order valence-electron chi connectivity index (χ4n) is 2.07. The molecule has 104 valence electrons. The van der Waals surface area contributed by atoms with Gasteiger partial charge in [0.05, 0.1) is 24.8 Å². The molecule has 0 aromatic heterocycles. The molecule has 1 saturated heterocycles. The number of nitrogens with one attached hydrogen (secondary N) is 1. The number of methoxy groups -OCH3 is 2. The highest BCUT2D eigenvalue weighted by Crippen LogP contribution is 2.33. The molecule has 1 aromatic rings. The van der Waals surface area contributed by atoms with Crippen LogP contribution in [0.2, 0.25) is 5.02 Å². The van der Waals surface area contributed by atoms with Gasteiger partial charge in [-0.15, -0.1) is 0 Å². The summed E-state index contributed by atoms with van der Waals surface area (Å²) in [5.74, 6) is 0.906. The molecule has 0 spiro atoms. The van der Waals surface area contributed by atoms with Crippen molar-refractivity contribution in [3.63, 3.8) is 0 Å². The van der Waals surface area contributed by atoms with Crippen molar-refractivity contribution in [2.24, 2.45) is 0 Å². The summed E-state index contributed by atoms with van der Waals surface area (Å²) in [5.41, 5.74) is 0.468. The van der Waals surface area contributed by atoms with E-state index in [0.29, 0.717) is 35.2 Å². The van der Waals surface area contributed by atoms with Gasteiger partial charge in [0.1, 0.15) is 11.5 Å². The van der Waals surface area contributed by atoms with E-state index in [1.165, 1.54) is 14.2 Å². The highest BCUT2D eigenvalue weighted by atomic mass is 35.5. The molecule has 5 nitrogen and oxygen atoms in total. The molecule has 0 radical (unpaired) electrons. The van der Waals surface area contributed by atoms with Crippen LogP contribution in [0, 0.1) is 0 Å². The van der Waals surface area contributed by atoms with Gasteiger partial charge in [0.25, 0.3) is 5.91 Å². The van der Waals surface area contributed by atoms with Crippen LogP contribution in [0.5, 0.6) is 11.5 Å². The number of amides is 1. The van der Waals surface area contributed by atoms with E-state index in [4.69, 9.17) is 21.1 Å². The summed E-state index contributed by atoms with van der Waals surface area (Å²) >= 11 is 6.08. The highest BCUT2D eigenvalue weighted by molar-refractivity contribution is 6.32. The lowest BCUT2D eigenvalue weighted by Gasteiger charge is -2.28. The average Bonchev–Trinajstić information content (AvgIpc) is 2.47. The van der Waals surface area contributed by atoms with E-state index in [2.05, 4.69) is 5.32 Å². The van der Waals surface area contributed by atoms with Crippen molar-refractivity contribution < 1.29 is 14.3 Å². The Morgan fingerprint density at radius 3 is 2.42 bits per heavy atom. The summed E-state index contributed by atoms with van der Waals surface area (Å²) < 4.78 is 10.4. The van der Waals surface area contributed by atoms with Crippen LogP contribution in [0.1, 0.15) is 10.4 Å². The van der Waals surface area contributed by atoms with E-state index >= 15 is 0 Å². The van der Waals surface area contributed by atoms with Crippen molar-refractivity contribution >= 4 is 17.5 Å². The maximum Gasteiger partial charge on any atom is 0.257 e. The van der Waals surface area contributed by atoms with Crippen molar-refractivity contribution in [1.82, 2.24) is 10.2 Å². The minimum absolute atomic E-state index is 0.0668. The Kier molecular flexibility index (Phi) is 4.50.